The van der Waals surface area contributed by atoms with Crippen molar-refractivity contribution in [3.05, 3.63) is 24.3 Å². The van der Waals surface area contributed by atoms with Gasteiger partial charge < -0.3 is 14.5 Å². The molecule has 5 nitrogen and oxygen atoms in total. The van der Waals surface area contributed by atoms with E-state index in [1.165, 1.54) is 4.70 Å². The first-order chi connectivity index (χ1) is 10.8. The number of anilines is 1. The molecule has 1 saturated heterocycles. The van der Waals surface area contributed by atoms with Gasteiger partial charge in [0, 0.05) is 25.7 Å². The van der Waals surface area contributed by atoms with Crippen LogP contribution in [0.5, 0.6) is 0 Å². The molecule has 0 radical (unpaired) electrons. The molecule has 3 rings (SSSR count). The predicted molar refractivity (Wildman–Crippen MR) is 94.2 cm³/mol. The summed E-state index contributed by atoms with van der Waals surface area (Å²) in [5.41, 5.74) is 0.579. The summed E-state index contributed by atoms with van der Waals surface area (Å²) in [4.78, 5) is 21.1. The van der Waals surface area contributed by atoms with E-state index in [9.17, 15) is 4.79 Å². The maximum absolute atomic E-state index is 12.3. The van der Waals surface area contributed by atoms with Crippen LogP contribution in [0, 0.1) is 0 Å². The van der Waals surface area contributed by atoms with Gasteiger partial charge in [0.05, 0.1) is 10.2 Å². The van der Waals surface area contributed by atoms with Gasteiger partial charge in [-0.15, -0.1) is 0 Å². The van der Waals surface area contributed by atoms with Crippen molar-refractivity contribution in [2.45, 2.75) is 39.3 Å². The fourth-order valence-electron chi connectivity index (χ4n) is 2.72. The predicted octanol–water partition coefficient (Wildman–Crippen LogP) is 3.74. The monoisotopic (exact) mass is 333 g/mol. The fraction of sp³-hybridized carbons (Fsp3) is 0.529. The zero-order valence-corrected chi connectivity index (χ0v) is 14.9. The van der Waals surface area contributed by atoms with Gasteiger partial charge in [-0.2, -0.15) is 0 Å². The van der Waals surface area contributed by atoms with Crippen LogP contribution in [-0.4, -0.2) is 47.3 Å². The number of benzene rings is 1. The highest BCUT2D eigenvalue weighted by Gasteiger charge is 2.31. The Balaban J connectivity index is 1.69. The van der Waals surface area contributed by atoms with Crippen molar-refractivity contribution < 1.29 is 9.53 Å². The number of nitrogens with zero attached hydrogens (tertiary/aromatic N) is 3. The van der Waals surface area contributed by atoms with Crippen LogP contribution in [0.3, 0.4) is 0 Å². The van der Waals surface area contributed by atoms with E-state index in [0.717, 1.165) is 23.7 Å². The zero-order chi connectivity index (χ0) is 16.6. The van der Waals surface area contributed by atoms with Gasteiger partial charge in [-0.25, -0.2) is 9.78 Å². The molecule has 0 aliphatic carbocycles. The van der Waals surface area contributed by atoms with E-state index in [0.29, 0.717) is 6.54 Å². The van der Waals surface area contributed by atoms with Crippen LogP contribution < -0.4 is 4.90 Å². The van der Waals surface area contributed by atoms with Crippen molar-refractivity contribution in [3.8, 4) is 0 Å². The number of carbonyl (C=O) groups excluding carboxylic acids is 1. The summed E-state index contributed by atoms with van der Waals surface area (Å²) < 4.78 is 6.69. The topological polar surface area (TPSA) is 45.7 Å². The summed E-state index contributed by atoms with van der Waals surface area (Å²) in [6, 6.07) is 8.28. The summed E-state index contributed by atoms with van der Waals surface area (Å²) in [5.74, 6) is 0. The quantitative estimate of drug-likeness (QED) is 0.797. The molecule has 1 aromatic carbocycles. The third kappa shape index (κ3) is 3.58. The largest absolute Gasteiger partial charge is 0.444 e. The van der Waals surface area contributed by atoms with Gasteiger partial charge in [0.15, 0.2) is 5.13 Å². The molecule has 124 valence electrons. The van der Waals surface area contributed by atoms with Crippen molar-refractivity contribution in [1.29, 1.82) is 0 Å². The first-order valence-electron chi connectivity index (χ1n) is 7.93. The van der Waals surface area contributed by atoms with E-state index < -0.39 is 5.60 Å². The Morgan fingerprint density at radius 2 is 2.04 bits per heavy atom. The van der Waals surface area contributed by atoms with Crippen molar-refractivity contribution in [2.75, 3.05) is 24.5 Å². The lowest BCUT2D eigenvalue weighted by Crippen LogP contribution is -2.55. The van der Waals surface area contributed by atoms with Gasteiger partial charge in [-0.1, -0.05) is 23.5 Å². The molecule has 0 saturated carbocycles. The molecular formula is C17H23N3O2S. The van der Waals surface area contributed by atoms with Gasteiger partial charge in [0.25, 0.3) is 0 Å². The van der Waals surface area contributed by atoms with Gasteiger partial charge in [0.1, 0.15) is 5.60 Å². The van der Waals surface area contributed by atoms with Gasteiger partial charge in [-0.3, -0.25) is 0 Å². The minimum absolute atomic E-state index is 0.102. The molecule has 2 aromatic rings. The number of hydrogen-bond donors (Lipinski definition) is 0. The highest BCUT2D eigenvalue weighted by Crippen LogP contribution is 2.30. The maximum Gasteiger partial charge on any atom is 0.410 e. The molecule has 0 bridgehead atoms. The average molecular weight is 333 g/mol. The second kappa shape index (κ2) is 6.00. The number of ether oxygens (including phenoxy) is 1. The van der Waals surface area contributed by atoms with Crippen LogP contribution in [0.2, 0.25) is 0 Å². The zero-order valence-electron chi connectivity index (χ0n) is 14.1. The first-order valence-corrected chi connectivity index (χ1v) is 8.75. The number of amides is 1. The molecule has 0 unspecified atom stereocenters. The minimum Gasteiger partial charge on any atom is -0.444 e. The van der Waals surface area contributed by atoms with E-state index in [2.05, 4.69) is 17.9 Å². The summed E-state index contributed by atoms with van der Waals surface area (Å²) in [6.45, 7) is 9.96. The molecule has 0 spiro atoms. The van der Waals surface area contributed by atoms with Crippen molar-refractivity contribution in [3.63, 3.8) is 0 Å². The summed E-state index contributed by atoms with van der Waals surface area (Å²) in [6.07, 6.45) is -0.228. The molecule has 1 aliphatic heterocycles. The summed E-state index contributed by atoms with van der Waals surface area (Å²) in [7, 11) is 0. The molecule has 1 aromatic heterocycles. The average Bonchev–Trinajstić information content (AvgIpc) is 2.89. The molecule has 1 atom stereocenters. The van der Waals surface area contributed by atoms with Crippen LogP contribution in [0.25, 0.3) is 10.2 Å². The molecular weight excluding hydrogens is 310 g/mol. The fourth-order valence-corrected chi connectivity index (χ4v) is 3.72. The number of aromatic nitrogens is 1. The normalized spacial score (nSPS) is 19.2. The van der Waals surface area contributed by atoms with Crippen molar-refractivity contribution in [1.82, 2.24) is 9.88 Å². The van der Waals surface area contributed by atoms with Crippen LogP contribution in [0.1, 0.15) is 27.7 Å². The number of para-hydroxylation sites is 1. The molecule has 2 heterocycles. The molecule has 1 amide bonds. The van der Waals surface area contributed by atoms with Crippen LogP contribution >= 0.6 is 11.3 Å². The molecule has 1 aliphatic rings. The minimum atomic E-state index is -0.457. The molecule has 23 heavy (non-hydrogen) atoms. The second-order valence-electron chi connectivity index (χ2n) is 6.93. The standard InChI is InChI=1S/C17H23N3O2S/c1-12-11-19(9-10-20(12)16(21)22-17(2,3)4)15-18-13-7-5-6-8-14(13)23-15/h5-8,12H,9-11H2,1-4H3/t12-/m0/s1. The molecule has 6 heteroatoms. The Labute approximate surface area is 140 Å². The highest BCUT2D eigenvalue weighted by molar-refractivity contribution is 7.22. The van der Waals surface area contributed by atoms with E-state index in [4.69, 9.17) is 9.72 Å². The SMILES string of the molecule is C[C@H]1CN(c2nc3ccccc3s2)CCN1C(=O)OC(C)(C)C. The molecule has 1 fully saturated rings. The highest BCUT2D eigenvalue weighted by atomic mass is 32.1. The number of rotatable bonds is 1. The smallest absolute Gasteiger partial charge is 0.410 e. The number of fused-ring (bicyclic) bond motifs is 1. The lowest BCUT2D eigenvalue weighted by atomic mass is 10.2. The molecule has 0 N–H and O–H groups in total. The number of hydrogen-bond acceptors (Lipinski definition) is 5. The number of thiazole rings is 1. The Morgan fingerprint density at radius 1 is 1.30 bits per heavy atom. The number of piperazine rings is 1. The lowest BCUT2D eigenvalue weighted by molar-refractivity contribution is 0.0159. The lowest BCUT2D eigenvalue weighted by Gasteiger charge is -2.40. The van der Waals surface area contributed by atoms with E-state index >= 15 is 0 Å². The summed E-state index contributed by atoms with van der Waals surface area (Å²) >= 11 is 1.71. The van der Waals surface area contributed by atoms with Crippen LogP contribution in [0.15, 0.2) is 24.3 Å². The first kappa shape index (κ1) is 16.1. The van der Waals surface area contributed by atoms with Gasteiger partial charge in [-0.05, 0) is 39.8 Å². The third-order valence-electron chi connectivity index (χ3n) is 3.81. The summed E-state index contributed by atoms with van der Waals surface area (Å²) in [5, 5.41) is 1.03. The van der Waals surface area contributed by atoms with E-state index in [1.54, 1.807) is 11.3 Å². The Morgan fingerprint density at radius 3 is 2.70 bits per heavy atom. The number of carbonyl (C=O) groups is 1. The Kier molecular flexibility index (Phi) is 4.19. The Bertz CT molecular complexity index is 674. The van der Waals surface area contributed by atoms with Gasteiger partial charge >= 0.3 is 6.09 Å². The van der Waals surface area contributed by atoms with Gasteiger partial charge in [0.2, 0.25) is 0 Å². The van der Waals surface area contributed by atoms with E-state index in [-0.39, 0.29) is 12.1 Å². The maximum atomic E-state index is 12.3. The van der Waals surface area contributed by atoms with Crippen molar-refractivity contribution >= 4 is 32.8 Å². The van der Waals surface area contributed by atoms with Crippen LogP contribution in [-0.2, 0) is 4.74 Å². The van der Waals surface area contributed by atoms with Crippen molar-refractivity contribution in [2.24, 2.45) is 0 Å². The second-order valence-corrected chi connectivity index (χ2v) is 7.94. The van der Waals surface area contributed by atoms with Crippen LogP contribution in [0.4, 0.5) is 9.93 Å². The van der Waals surface area contributed by atoms with E-state index in [1.807, 2.05) is 43.9 Å². The Hall–Kier alpha value is -1.82. The third-order valence-corrected chi connectivity index (χ3v) is 4.91.